The molecule has 0 aliphatic rings. The standard InChI is InChI=1S/C18H17N9O3/c1-29-12-7-8-16(30-2)14(9-12)20-17(28)10-27-22-18(21-24-27)13-5-3-4-6-15(13)26-11-19-23-25-26/h3-9,11H,10H2,1-2H3,(H,20,28). The molecule has 0 atom stereocenters. The van der Waals surface area contributed by atoms with E-state index in [1.807, 2.05) is 24.3 Å². The van der Waals surface area contributed by atoms with E-state index in [1.54, 1.807) is 25.3 Å². The average Bonchev–Trinajstić information content (AvgIpc) is 3.46. The van der Waals surface area contributed by atoms with Crippen LogP contribution in [0.1, 0.15) is 0 Å². The third-order valence-corrected chi connectivity index (χ3v) is 4.16. The molecule has 0 aliphatic carbocycles. The number of para-hydroxylation sites is 1. The number of nitrogens with zero attached hydrogens (tertiary/aromatic N) is 8. The first-order valence-corrected chi connectivity index (χ1v) is 8.80. The van der Waals surface area contributed by atoms with Crippen LogP contribution in [0.3, 0.4) is 0 Å². The highest BCUT2D eigenvalue weighted by Gasteiger charge is 2.15. The summed E-state index contributed by atoms with van der Waals surface area (Å²) in [4.78, 5) is 13.7. The van der Waals surface area contributed by atoms with E-state index in [4.69, 9.17) is 9.47 Å². The molecule has 1 amide bonds. The van der Waals surface area contributed by atoms with Crippen molar-refractivity contribution in [2.75, 3.05) is 19.5 Å². The fourth-order valence-electron chi connectivity index (χ4n) is 2.78. The molecule has 4 rings (SSSR count). The fourth-order valence-corrected chi connectivity index (χ4v) is 2.78. The Bertz CT molecular complexity index is 1160. The van der Waals surface area contributed by atoms with Crippen LogP contribution in [0.5, 0.6) is 11.5 Å². The predicted octanol–water partition coefficient (Wildman–Crippen LogP) is 0.972. The van der Waals surface area contributed by atoms with Crippen molar-refractivity contribution < 1.29 is 14.3 Å². The number of anilines is 1. The molecule has 4 aromatic rings. The van der Waals surface area contributed by atoms with Crippen molar-refractivity contribution in [2.24, 2.45) is 0 Å². The van der Waals surface area contributed by atoms with Gasteiger partial charge >= 0.3 is 0 Å². The number of carbonyl (C=O) groups excluding carboxylic acids is 1. The second-order valence-electron chi connectivity index (χ2n) is 6.03. The lowest BCUT2D eigenvalue weighted by atomic mass is 10.1. The highest BCUT2D eigenvalue weighted by molar-refractivity contribution is 5.92. The van der Waals surface area contributed by atoms with Gasteiger partial charge in [-0.2, -0.15) is 9.48 Å². The zero-order valence-electron chi connectivity index (χ0n) is 16.1. The van der Waals surface area contributed by atoms with Crippen molar-refractivity contribution in [3.63, 3.8) is 0 Å². The lowest BCUT2D eigenvalue weighted by molar-refractivity contribution is -0.117. The summed E-state index contributed by atoms with van der Waals surface area (Å²) in [6, 6.07) is 12.4. The number of rotatable bonds is 7. The van der Waals surface area contributed by atoms with E-state index in [9.17, 15) is 4.79 Å². The average molecular weight is 407 g/mol. The number of amides is 1. The number of methoxy groups -OCH3 is 2. The summed E-state index contributed by atoms with van der Waals surface area (Å²) in [6.45, 7) is -0.138. The van der Waals surface area contributed by atoms with Crippen LogP contribution in [-0.4, -0.2) is 60.5 Å². The summed E-state index contributed by atoms with van der Waals surface area (Å²) in [5, 5.41) is 26.3. The minimum Gasteiger partial charge on any atom is -0.497 e. The Morgan fingerprint density at radius 1 is 1.10 bits per heavy atom. The van der Waals surface area contributed by atoms with Crippen molar-refractivity contribution in [1.29, 1.82) is 0 Å². The molecular weight excluding hydrogens is 390 g/mol. The van der Waals surface area contributed by atoms with Gasteiger partial charge in [0.25, 0.3) is 0 Å². The van der Waals surface area contributed by atoms with Gasteiger partial charge in [0.1, 0.15) is 24.4 Å². The number of hydrogen-bond acceptors (Lipinski definition) is 9. The van der Waals surface area contributed by atoms with Gasteiger partial charge in [0.05, 0.1) is 25.6 Å². The molecule has 2 aromatic heterocycles. The second kappa shape index (κ2) is 8.34. The number of nitrogens with one attached hydrogen (secondary N) is 1. The van der Waals surface area contributed by atoms with Crippen molar-refractivity contribution in [3.05, 3.63) is 48.8 Å². The van der Waals surface area contributed by atoms with Crippen molar-refractivity contribution in [3.8, 4) is 28.6 Å². The van der Waals surface area contributed by atoms with Crippen LogP contribution in [0.15, 0.2) is 48.8 Å². The largest absolute Gasteiger partial charge is 0.497 e. The number of hydrogen-bond donors (Lipinski definition) is 1. The van der Waals surface area contributed by atoms with Crippen LogP contribution in [0, 0.1) is 0 Å². The maximum Gasteiger partial charge on any atom is 0.248 e. The molecule has 12 nitrogen and oxygen atoms in total. The van der Waals surface area contributed by atoms with Gasteiger partial charge in [-0.3, -0.25) is 4.79 Å². The Kier molecular flexibility index (Phi) is 5.28. The lowest BCUT2D eigenvalue weighted by Gasteiger charge is -2.11. The maximum absolute atomic E-state index is 12.5. The second-order valence-corrected chi connectivity index (χ2v) is 6.03. The zero-order valence-corrected chi connectivity index (χ0v) is 16.1. The van der Waals surface area contributed by atoms with Gasteiger partial charge in [-0.05, 0) is 39.9 Å². The predicted molar refractivity (Wildman–Crippen MR) is 104 cm³/mol. The molecule has 2 aromatic carbocycles. The Balaban J connectivity index is 1.52. The van der Waals surface area contributed by atoms with Crippen LogP contribution in [-0.2, 0) is 11.3 Å². The zero-order chi connectivity index (χ0) is 20.9. The van der Waals surface area contributed by atoms with Crippen molar-refractivity contribution in [2.45, 2.75) is 6.54 Å². The van der Waals surface area contributed by atoms with E-state index in [0.29, 0.717) is 34.3 Å². The molecule has 1 N–H and O–H groups in total. The molecule has 0 unspecified atom stereocenters. The molecular formula is C18H17N9O3. The van der Waals surface area contributed by atoms with Gasteiger partial charge in [-0.1, -0.05) is 12.1 Å². The normalized spacial score (nSPS) is 10.6. The summed E-state index contributed by atoms with van der Waals surface area (Å²) >= 11 is 0. The van der Waals surface area contributed by atoms with E-state index in [1.165, 1.54) is 22.9 Å². The third kappa shape index (κ3) is 3.92. The van der Waals surface area contributed by atoms with E-state index in [0.717, 1.165) is 0 Å². The van der Waals surface area contributed by atoms with Gasteiger partial charge in [0.2, 0.25) is 11.7 Å². The van der Waals surface area contributed by atoms with E-state index < -0.39 is 0 Å². The number of carbonyl (C=O) groups is 1. The molecule has 0 spiro atoms. The highest BCUT2D eigenvalue weighted by atomic mass is 16.5. The number of tetrazole rings is 2. The van der Waals surface area contributed by atoms with E-state index in [-0.39, 0.29) is 12.5 Å². The number of ether oxygens (including phenoxy) is 2. The smallest absolute Gasteiger partial charge is 0.248 e. The molecule has 0 fully saturated rings. The van der Waals surface area contributed by atoms with Crippen LogP contribution in [0.4, 0.5) is 5.69 Å². The molecule has 0 aliphatic heterocycles. The molecule has 0 saturated heterocycles. The maximum atomic E-state index is 12.5. The van der Waals surface area contributed by atoms with Crippen LogP contribution in [0.2, 0.25) is 0 Å². The number of aromatic nitrogens is 8. The molecule has 12 heteroatoms. The summed E-state index contributed by atoms with van der Waals surface area (Å²) in [5.74, 6) is 1.09. The Hall–Kier alpha value is -4.35. The van der Waals surface area contributed by atoms with Gasteiger partial charge in [0, 0.05) is 11.6 Å². The number of benzene rings is 2. The molecule has 152 valence electrons. The molecule has 0 saturated carbocycles. The highest BCUT2D eigenvalue weighted by Crippen LogP contribution is 2.29. The minimum absolute atomic E-state index is 0.138. The third-order valence-electron chi connectivity index (χ3n) is 4.16. The first-order chi connectivity index (χ1) is 14.7. The fraction of sp³-hybridized carbons (Fsp3) is 0.167. The van der Waals surface area contributed by atoms with Gasteiger partial charge in [-0.15, -0.1) is 15.3 Å². The Morgan fingerprint density at radius 3 is 2.73 bits per heavy atom. The topological polar surface area (TPSA) is 135 Å². The quantitative estimate of drug-likeness (QED) is 0.475. The van der Waals surface area contributed by atoms with Crippen LogP contribution in [0.25, 0.3) is 17.1 Å². The summed E-state index contributed by atoms with van der Waals surface area (Å²) in [5.41, 5.74) is 1.84. The van der Waals surface area contributed by atoms with Crippen LogP contribution < -0.4 is 14.8 Å². The molecule has 2 heterocycles. The lowest BCUT2D eigenvalue weighted by Crippen LogP contribution is -2.20. The Labute approximate surface area is 170 Å². The monoisotopic (exact) mass is 407 g/mol. The van der Waals surface area contributed by atoms with E-state index in [2.05, 4.69) is 36.3 Å². The first-order valence-electron chi connectivity index (χ1n) is 8.80. The summed E-state index contributed by atoms with van der Waals surface area (Å²) < 4.78 is 12.0. The first kappa shape index (κ1) is 19.0. The van der Waals surface area contributed by atoms with Crippen LogP contribution >= 0.6 is 0 Å². The molecule has 0 radical (unpaired) electrons. The SMILES string of the molecule is COc1ccc(OC)c(NC(=O)Cn2nnc(-c3ccccc3-n3cnnn3)n2)c1. The van der Waals surface area contributed by atoms with Gasteiger partial charge in [-0.25, -0.2) is 0 Å². The minimum atomic E-state index is -0.348. The summed E-state index contributed by atoms with van der Waals surface area (Å²) in [6.07, 6.45) is 1.47. The van der Waals surface area contributed by atoms with E-state index >= 15 is 0 Å². The molecule has 0 bridgehead atoms. The van der Waals surface area contributed by atoms with Gasteiger partial charge < -0.3 is 14.8 Å². The summed E-state index contributed by atoms with van der Waals surface area (Å²) in [7, 11) is 3.06. The van der Waals surface area contributed by atoms with Crippen molar-refractivity contribution in [1.82, 2.24) is 40.4 Å². The Morgan fingerprint density at radius 2 is 1.97 bits per heavy atom. The molecule has 30 heavy (non-hydrogen) atoms. The van der Waals surface area contributed by atoms with Gasteiger partial charge in [0.15, 0.2) is 0 Å². The van der Waals surface area contributed by atoms with Crippen molar-refractivity contribution >= 4 is 11.6 Å².